The monoisotopic (exact) mass is 370 g/mol. The molecule has 1 saturated heterocycles. The molecule has 0 atom stereocenters. The lowest BCUT2D eigenvalue weighted by Gasteiger charge is -2.31. The topological polar surface area (TPSA) is 58.7 Å². The highest BCUT2D eigenvalue weighted by Crippen LogP contribution is 2.31. The normalized spacial score (nSPS) is 15.4. The van der Waals surface area contributed by atoms with Crippen LogP contribution in [0.2, 0.25) is 0 Å². The van der Waals surface area contributed by atoms with Crippen molar-refractivity contribution in [3.63, 3.8) is 0 Å². The SMILES string of the molecule is OCC1CCN(c2ccc(-c3cc4ccc(OCCF)cc4o3)cn2)CC1. The number of halogens is 1. The van der Waals surface area contributed by atoms with E-state index in [1.807, 2.05) is 36.5 Å². The Morgan fingerprint density at radius 1 is 1.19 bits per heavy atom. The van der Waals surface area contributed by atoms with E-state index in [1.165, 1.54) is 0 Å². The molecule has 0 aliphatic carbocycles. The summed E-state index contributed by atoms with van der Waals surface area (Å²) in [6.07, 6.45) is 3.82. The first-order valence-corrected chi connectivity index (χ1v) is 9.31. The van der Waals surface area contributed by atoms with Gasteiger partial charge in [0.05, 0.1) is 0 Å². The van der Waals surface area contributed by atoms with Crippen molar-refractivity contribution in [1.29, 1.82) is 0 Å². The van der Waals surface area contributed by atoms with Crippen molar-refractivity contribution in [2.75, 3.05) is 37.9 Å². The first kappa shape index (κ1) is 17.8. The van der Waals surface area contributed by atoms with Gasteiger partial charge in [0, 0.05) is 42.9 Å². The summed E-state index contributed by atoms with van der Waals surface area (Å²) in [7, 11) is 0. The van der Waals surface area contributed by atoms with E-state index in [0.717, 1.165) is 48.5 Å². The number of hydrogen-bond donors (Lipinski definition) is 1. The van der Waals surface area contributed by atoms with Crippen LogP contribution >= 0.6 is 0 Å². The summed E-state index contributed by atoms with van der Waals surface area (Å²) in [5.74, 6) is 2.70. The molecule has 3 heterocycles. The number of rotatable bonds is 6. The number of piperidine rings is 1. The largest absolute Gasteiger partial charge is 0.491 e. The number of aliphatic hydroxyl groups excluding tert-OH is 1. The summed E-state index contributed by atoms with van der Waals surface area (Å²) in [5, 5.41) is 10.2. The van der Waals surface area contributed by atoms with Crippen molar-refractivity contribution in [2.45, 2.75) is 12.8 Å². The Hall–Kier alpha value is -2.60. The van der Waals surface area contributed by atoms with Gasteiger partial charge in [-0.2, -0.15) is 0 Å². The fourth-order valence-corrected chi connectivity index (χ4v) is 3.46. The van der Waals surface area contributed by atoms with Gasteiger partial charge in [-0.3, -0.25) is 0 Å². The van der Waals surface area contributed by atoms with Crippen LogP contribution in [0.5, 0.6) is 5.75 Å². The summed E-state index contributed by atoms with van der Waals surface area (Å²) in [5.41, 5.74) is 1.61. The van der Waals surface area contributed by atoms with Gasteiger partial charge in [0.1, 0.15) is 36.2 Å². The van der Waals surface area contributed by atoms with E-state index >= 15 is 0 Å². The first-order chi connectivity index (χ1) is 13.3. The molecule has 1 aliphatic heterocycles. The van der Waals surface area contributed by atoms with Crippen LogP contribution in [-0.4, -0.2) is 43.1 Å². The van der Waals surface area contributed by atoms with Gasteiger partial charge in [0.25, 0.3) is 0 Å². The van der Waals surface area contributed by atoms with Crippen molar-refractivity contribution in [2.24, 2.45) is 5.92 Å². The predicted octanol–water partition coefficient (Wildman–Crippen LogP) is 4.05. The highest BCUT2D eigenvalue weighted by atomic mass is 19.1. The van der Waals surface area contributed by atoms with Crippen molar-refractivity contribution >= 4 is 16.8 Å². The minimum absolute atomic E-state index is 0.0417. The van der Waals surface area contributed by atoms with Gasteiger partial charge < -0.3 is 19.2 Å². The van der Waals surface area contributed by atoms with Crippen molar-refractivity contribution < 1.29 is 18.7 Å². The molecule has 0 saturated carbocycles. The minimum atomic E-state index is -0.517. The molecule has 0 unspecified atom stereocenters. The summed E-state index contributed by atoms with van der Waals surface area (Å²) in [6.45, 7) is 1.64. The number of aromatic nitrogens is 1. The number of hydrogen-bond acceptors (Lipinski definition) is 5. The lowest BCUT2D eigenvalue weighted by molar-refractivity contribution is 0.203. The maximum Gasteiger partial charge on any atom is 0.138 e. The molecule has 1 N–H and O–H groups in total. The quantitative estimate of drug-likeness (QED) is 0.709. The van der Waals surface area contributed by atoms with Crippen molar-refractivity contribution in [3.8, 4) is 17.1 Å². The number of furan rings is 1. The summed E-state index contributed by atoms with van der Waals surface area (Å²) < 4.78 is 23.5. The molecule has 2 aromatic heterocycles. The second-order valence-corrected chi connectivity index (χ2v) is 6.87. The van der Waals surface area contributed by atoms with E-state index in [1.54, 1.807) is 6.07 Å². The van der Waals surface area contributed by atoms with Crippen LogP contribution in [0.25, 0.3) is 22.3 Å². The second kappa shape index (κ2) is 7.96. The number of aliphatic hydroxyl groups is 1. The fraction of sp³-hybridized carbons (Fsp3) is 0.381. The number of fused-ring (bicyclic) bond motifs is 1. The molecule has 0 spiro atoms. The molecular weight excluding hydrogens is 347 g/mol. The van der Waals surface area contributed by atoms with Gasteiger partial charge >= 0.3 is 0 Å². The third kappa shape index (κ3) is 3.90. The van der Waals surface area contributed by atoms with Gasteiger partial charge in [0.15, 0.2) is 0 Å². The average molecular weight is 370 g/mol. The molecule has 0 radical (unpaired) electrons. The number of nitrogens with zero attached hydrogens (tertiary/aromatic N) is 2. The lowest BCUT2D eigenvalue weighted by atomic mass is 9.98. The summed E-state index contributed by atoms with van der Waals surface area (Å²) in [6, 6.07) is 11.5. The molecule has 5 nitrogen and oxygen atoms in total. The lowest BCUT2D eigenvalue weighted by Crippen LogP contribution is -2.35. The van der Waals surface area contributed by atoms with Crippen LogP contribution in [0.4, 0.5) is 10.2 Å². The standard InChI is InChI=1S/C21H23FN2O3/c22-7-10-26-18-3-1-16-11-19(27-20(16)12-18)17-2-4-21(23-13-17)24-8-5-15(14-25)6-9-24/h1-4,11-13,15,25H,5-10,14H2. The Morgan fingerprint density at radius 2 is 2.04 bits per heavy atom. The first-order valence-electron chi connectivity index (χ1n) is 9.31. The molecule has 3 aromatic rings. The Morgan fingerprint density at radius 3 is 2.74 bits per heavy atom. The van der Waals surface area contributed by atoms with Gasteiger partial charge in [-0.1, -0.05) is 0 Å². The molecule has 6 heteroatoms. The Labute approximate surface area is 157 Å². The smallest absolute Gasteiger partial charge is 0.138 e. The Balaban J connectivity index is 1.50. The average Bonchev–Trinajstić information content (AvgIpc) is 3.16. The van der Waals surface area contributed by atoms with E-state index < -0.39 is 6.67 Å². The molecule has 1 aliphatic rings. The van der Waals surface area contributed by atoms with Crippen LogP contribution in [0.3, 0.4) is 0 Å². The van der Waals surface area contributed by atoms with Gasteiger partial charge in [-0.25, -0.2) is 9.37 Å². The van der Waals surface area contributed by atoms with Crippen molar-refractivity contribution in [3.05, 3.63) is 42.6 Å². The molecule has 1 aromatic carbocycles. The highest BCUT2D eigenvalue weighted by molar-refractivity contribution is 5.84. The highest BCUT2D eigenvalue weighted by Gasteiger charge is 2.19. The van der Waals surface area contributed by atoms with Crippen LogP contribution in [0.1, 0.15) is 12.8 Å². The molecular formula is C21H23FN2O3. The fourth-order valence-electron chi connectivity index (χ4n) is 3.46. The van der Waals surface area contributed by atoms with Crippen LogP contribution in [0, 0.1) is 5.92 Å². The number of alkyl halides is 1. The minimum Gasteiger partial charge on any atom is -0.491 e. The van der Waals surface area contributed by atoms with E-state index in [4.69, 9.17) is 9.15 Å². The Bertz CT molecular complexity index is 886. The molecule has 27 heavy (non-hydrogen) atoms. The Kier molecular flexibility index (Phi) is 5.25. The zero-order chi connectivity index (χ0) is 18.6. The van der Waals surface area contributed by atoms with Crippen LogP contribution in [-0.2, 0) is 0 Å². The maximum absolute atomic E-state index is 12.3. The molecule has 1 fully saturated rings. The number of pyridine rings is 1. The summed E-state index contributed by atoms with van der Waals surface area (Å²) in [4.78, 5) is 6.85. The number of anilines is 1. The van der Waals surface area contributed by atoms with E-state index in [0.29, 0.717) is 17.3 Å². The molecule has 4 rings (SSSR count). The van der Waals surface area contributed by atoms with Crippen LogP contribution in [0.15, 0.2) is 47.0 Å². The predicted molar refractivity (Wildman–Crippen MR) is 103 cm³/mol. The second-order valence-electron chi connectivity index (χ2n) is 6.87. The zero-order valence-electron chi connectivity index (χ0n) is 15.1. The third-order valence-corrected chi connectivity index (χ3v) is 5.07. The van der Waals surface area contributed by atoms with Crippen LogP contribution < -0.4 is 9.64 Å². The van der Waals surface area contributed by atoms with E-state index in [9.17, 15) is 9.50 Å². The third-order valence-electron chi connectivity index (χ3n) is 5.07. The van der Waals surface area contributed by atoms with E-state index in [2.05, 4.69) is 9.88 Å². The van der Waals surface area contributed by atoms with Crippen molar-refractivity contribution in [1.82, 2.24) is 4.98 Å². The van der Waals surface area contributed by atoms with E-state index in [-0.39, 0.29) is 13.2 Å². The number of benzene rings is 1. The van der Waals surface area contributed by atoms with Gasteiger partial charge in [0.2, 0.25) is 0 Å². The van der Waals surface area contributed by atoms with Gasteiger partial charge in [-0.05, 0) is 49.1 Å². The summed E-state index contributed by atoms with van der Waals surface area (Å²) >= 11 is 0. The molecule has 0 bridgehead atoms. The number of ether oxygens (including phenoxy) is 1. The van der Waals surface area contributed by atoms with Gasteiger partial charge in [-0.15, -0.1) is 0 Å². The zero-order valence-corrected chi connectivity index (χ0v) is 15.1. The maximum atomic E-state index is 12.3. The molecule has 142 valence electrons. The molecule has 0 amide bonds.